The van der Waals surface area contributed by atoms with Gasteiger partial charge < -0.3 is 9.30 Å². The molecule has 126 valence electrons. The summed E-state index contributed by atoms with van der Waals surface area (Å²) in [6.45, 7) is -0.971. The van der Waals surface area contributed by atoms with E-state index in [-0.39, 0.29) is 12.3 Å². The molecule has 0 unspecified atom stereocenters. The summed E-state index contributed by atoms with van der Waals surface area (Å²) in [5.41, 5.74) is 1.63. The Kier molecular flexibility index (Phi) is 4.73. The molecule has 0 amide bonds. The predicted octanol–water partition coefficient (Wildman–Crippen LogP) is 5.55. The summed E-state index contributed by atoms with van der Waals surface area (Å²) in [5.74, 6) is 0.235. The molecule has 0 atom stereocenters. The standard InChI is InChI=1S/C16H11BrClF3N2O/c1-8-22-13-6-12(19)11(17)5-14(13)23(8)7-9-4-10(18)2-3-15(9)24-16(20)21/h2-6,16H,7H2,1H3. The van der Waals surface area contributed by atoms with Gasteiger partial charge in [-0.25, -0.2) is 9.37 Å². The first-order chi connectivity index (χ1) is 11.3. The van der Waals surface area contributed by atoms with Gasteiger partial charge in [-0.1, -0.05) is 11.6 Å². The number of rotatable bonds is 4. The van der Waals surface area contributed by atoms with Crippen LogP contribution < -0.4 is 4.74 Å². The molecule has 0 saturated carbocycles. The van der Waals surface area contributed by atoms with Gasteiger partial charge in [0.05, 0.1) is 22.1 Å². The molecule has 3 nitrogen and oxygen atoms in total. The van der Waals surface area contributed by atoms with E-state index in [0.717, 1.165) is 0 Å². The maximum absolute atomic E-state index is 13.7. The van der Waals surface area contributed by atoms with Gasteiger partial charge in [0.25, 0.3) is 0 Å². The highest BCUT2D eigenvalue weighted by Gasteiger charge is 2.15. The Balaban J connectivity index is 2.08. The molecule has 1 aromatic heterocycles. The van der Waals surface area contributed by atoms with Crippen molar-refractivity contribution in [3.05, 3.63) is 57.0 Å². The van der Waals surface area contributed by atoms with Crippen LogP contribution in [0.25, 0.3) is 11.0 Å². The largest absolute Gasteiger partial charge is 0.434 e. The van der Waals surface area contributed by atoms with Crippen molar-refractivity contribution in [2.75, 3.05) is 0 Å². The van der Waals surface area contributed by atoms with E-state index in [9.17, 15) is 13.2 Å². The minimum atomic E-state index is -2.94. The van der Waals surface area contributed by atoms with Crippen LogP contribution >= 0.6 is 27.5 Å². The van der Waals surface area contributed by atoms with Crippen LogP contribution in [0.2, 0.25) is 5.02 Å². The average molecular weight is 420 g/mol. The molecular weight excluding hydrogens is 409 g/mol. The summed E-state index contributed by atoms with van der Waals surface area (Å²) in [7, 11) is 0. The monoisotopic (exact) mass is 418 g/mol. The summed E-state index contributed by atoms with van der Waals surface area (Å²) in [4.78, 5) is 4.30. The van der Waals surface area contributed by atoms with E-state index in [0.29, 0.717) is 31.9 Å². The molecule has 1 heterocycles. The van der Waals surface area contributed by atoms with Crippen molar-refractivity contribution in [1.29, 1.82) is 0 Å². The third-order valence-electron chi connectivity index (χ3n) is 3.55. The van der Waals surface area contributed by atoms with E-state index in [1.807, 2.05) is 0 Å². The maximum Gasteiger partial charge on any atom is 0.387 e. The maximum atomic E-state index is 13.7. The fourth-order valence-electron chi connectivity index (χ4n) is 2.49. The van der Waals surface area contributed by atoms with Crippen molar-refractivity contribution in [1.82, 2.24) is 9.55 Å². The molecule has 8 heteroatoms. The molecule has 3 rings (SSSR count). The van der Waals surface area contributed by atoms with Gasteiger partial charge in [0.2, 0.25) is 0 Å². The Morgan fingerprint density at radius 3 is 2.75 bits per heavy atom. The molecule has 0 spiro atoms. The lowest BCUT2D eigenvalue weighted by molar-refractivity contribution is -0.0504. The minimum absolute atomic E-state index is 0.0387. The molecular formula is C16H11BrClF3N2O. The third-order valence-corrected chi connectivity index (χ3v) is 4.39. The average Bonchev–Trinajstić information content (AvgIpc) is 2.78. The summed E-state index contributed by atoms with van der Waals surface area (Å²) in [6.07, 6.45) is 0. The molecule has 0 saturated heterocycles. The van der Waals surface area contributed by atoms with Gasteiger partial charge in [-0.15, -0.1) is 0 Å². The lowest BCUT2D eigenvalue weighted by Crippen LogP contribution is -2.08. The van der Waals surface area contributed by atoms with Crippen molar-refractivity contribution in [2.45, 2.75) is 20.1 Å². The van der Waals surface area contributed by atoms with Crippen molar-refractivity contribution >= 4 is 38.6 Å². The smallest absolute Gasteiger partial charge is 0.387 e. The number of aryl methyl sites for hydroxylation is 1. The van der Waals surface area contributed by atoms with Crippen molar-refractivity contribution in [3.63, 3.8) is 0 Å². The molecule has 0 aliphatic rings. The fourth-order valence-corrected chi connectivity index (χ4v) is 3.02. The Morgan fingerprint density at radius 2 is 2.04 bits per heavy atom. The lowest BCUT2D eigenvalue weighted by atomic mass is 10.2. The van der Waals surface area contributed by atoms with E-state index in [1.165, 1.54) is 18.2 Å². The van der Waals surface area contributed by atoms with Crippen LogP contribution in [0.3, 0.4) is 0 Å². The highest BCUT2D eigenvalue weighted by molar-refractivity contribution is 9.10. The Hall–Kier alpha value is -1.73. The molecule has 0 aliphatic heterocycles. The predicted molar refractivity (Wildman–Crippen MR) is 89.3 cm³/mol. The molecule has 0 N–H and O–H groups in total. The number of alkyl halides is 2. The van der Waals surface area contributed by atoms with Crippen LogP contribution in [0, 0.1) is 12.7 Å². The van der Waals surface area contributed by atoms with Gasteiger partial charge in [0, 0.05) is 16.7 Å². The number of nitrogens with zero attached hydrogens (tertiary/aromatic N) is 2. The van der Waals surface area contributed by atoms with Crippen molar-refractivity contribution < 1.29 is 17.9 Å². The Bertz CT molecular complexity index is 914. The number of imidazole rings is 1. The number of fused-ring (bicyclic) bond motifs is 1. The molecule has 0 aliphatic carbocycles. The van der Waals surface area contributed by atoms with Gasteiger partial charge in [0.15, 0.2) is 0 Å². The van der Waals surface area contributed by atoms with Crippen LogP contribution in [0.4, 0.5) is 13.2 Å². The van der Waals surface area contributed by atoms with E-state index in [1.54, 1.807) is 23.6 Å². The van der Waals surface area contributed by atoms with Crippen LogP contribution in [-0.4, -0.2) is 16.2 Å². The second-order valence-corrected chi connectivity index (χ2v) is 6.42. The number of benzene rings is 2. The zero-order chi connectivity index (χ0) is 17.4. The van der Waals surface area contributed by atoms with Crippen LogP contribution in [0.5, 0.6) is 5.75 Å². The van der Waals surface area contributed by atoms with E-state index >= 15 is 0 Å². The Morgan fingerprint density at radius 1 is 1.29 bits per heavy atom. The quantitative estimate of drug-likeness (QED) is 0.554. The van der Waals surface area contributed by atoms with E-state index < -0.39 is 12.4 Å². The van der Waals surface area contributed by atoms with E-state index in [4.69, 9.17) is 11.6 Å². The molecule has 0 radical (unpaired) electrons. The summed E-state index contributed by atoms with van der Waals surface area (Å²) < 4.78 is 45.5. The molecule has 3 aromatic rings. The summed E-state index contributed by atoms with van der Waals surface area (Å²) in [6, 6.07) is 7.35. The van der Waals surface area contributed by atoms with Gasteiger partial charge in [-0.3, -0.25) is 0 Å². The van der Waals surface area contributed by atoms with Gasteiger partial charge in [-0.2, -0.15) is 8.78 Å². The third kappa shape index (κ3) is 3.37. The lowest BCUT2D eigenvalue weighted by Gasteiger charge is -2.13. The zero-order valence-corrected chi connectivity index (χ0v) is 14.7. The van der Waals surface area contributed by atoms with Gasteiger partial charge in [0.1, 0.15) is 17.4 Å². The summed E-state index contributed by atoms with van der Waals surface area (Å²) in [5, 5.41) is 0.404. The highest BCUT2D eigenvalue weighted by atomic mass is 79.9. The van der Waals surface area contributed by atoms with Crippen LogP contribution in [0.1, 0.15) is 11.4 Å². The number of ether oxygens (including phenoxy) is 1. The van der Waals surface area contributed by atoms with Crippen LogP contribution in [0.15, 0.2) is 34.8 Å². The van der Waals surface area contributed by atoms with Crippen LogP contribution in [-0.2, 0) is 6.54 Å². The SMILES string of the molecule is Cc1nc2cc(F)c(Br)cc2n1Cc1cc(Cl)ccc1OC(F)F. The first-order valence-corrected chi connectivity index (χ1v) is 8.07. The van der Waals surface area contributed by atoms with Gasteiger partial charge >= 0.3 is 6.61 Å². The molecule has 0 fully saturated rings. The Labute approximate surface area is 149 Å². The van der Waals surface area contributed by atoms with Crippen molar-refractivity contribution in [3.8, 4) is 5.75 Å². The topological polar surface area (TPSA) is 27.1 Å². The summed E-state index contributed by atoms with van der Waals surface area (Å²) >= 11 is 9.12. The first-order valence-electron chi connectivity index (χ1n) is 6.90. The number of hydrogen-bond acceptors (Lipinski definition) is 2. The highest BCUT2D eigenvalue weighted by Crippen LogP contribution is 2.29. The first kappa shape index (κ1) is 17.1. The number of aromatic nitrogens is 2. The molecule has 24 heavy (non-hydrogen) atoms. The second-order valence-electron chi connectivity index (χ2n) is 5.13. The number of hydrogen-bond donors (Lipinski definition) is 0. The molecule has 0 bridgehead atoms. The molecule has 2 aromatic carbocycles. The fraction of sp³-hybridized carbons (Fsp3) is 0.188. The van der Waals surface area contributed by atoms with E-state index in [2.05, 4.69) is 25.7 Å². The number of halogens is 5. The minimum Gasteiger partial charge on any atom is -0.434 e. The van der Waals surface area contributed by atoms with Crippen molar-refractivity contribution in [2.24, 2.45) is 0 Å². The normalized spacial score (nSPS) is 11.5. The second kappa shape index (κ2) is 6.64. The van der Waals surface area contributed by atoms with Gasteiger partial charge in [-0.05, 0) is 47.1 Å². The zero-order valence-electron chi connectivity index (χ0n) is 12.4.